The van der Waals surface area contributed by atoms with Crippen LogP contribution < -0.4 is 15.0 Å². The highest BCUT2D eigenvalue weighted by Crippen LogP contribution is 2.26. The van der Waals surface area contributed by atoms with Crippen molar-refractivity contribution < 1.29 is 18.7 Å². The summed E-state index contributed by atoms with van der Waals surface area (Å²) in [7, 11) is 0. The standard InChI is InChI=1S/C22H25FN2O3/c1-2-3-4-13-28-20-11-7-18(8-12-20)24-22(27)16-14-21(26)25(15-16)19-9-5-17(23)6-10-19/h5-12,16H,2-4,13-15H2,1H3,(H,24,27)/t16-/m1/s1. The molecular formula is C22H25FN2O3. The Morgan fingerprint density at radius 1 is 1.14 bits per heavy atom. The first-order valence-corrected chi connectivity index (χ1v) is 9.66. The van der Waals surface area contributed by atoms with Crippen LogP contribution in [-0.2, 0) is 9.59 Å². The molecule has 1 aliphatic heterocycles. The number of hydrogen-bond donors (Lipinski definition) is 1. The predicted octanol–water partition coefficient (Wildman–Crippen LogP) is 4.39. The van der Waals surface area contributed by atoms with Gasteiger partial charge in [0.15, 0.2) is 0 Å². The predicted molar refractivity (Wildman–Crippen MR) is 107 cm³/mol. The van der Waals surface area contributed by atoms with Crippen molar-refractivity contribution in [1.29, 1.82) is 0 Å². The van der Waals surface area contributed by atoms with Crippen LogP contribution in [0.15, 0.2) is 48.5 Å². The molecule has 0 spiro atoms. The maximum atomic E-state index is 13.1. The van der Waals surface area contributed by atoms with Crippen molar-refractivity contribution in [2.45, 2.75) is 32.6 Å². The van der Waals surface area contributed by atoms with Gasteiger partial charge < -0.3 is 15.0 Å². The normalized spacial score (nSPS) is 16.3. The van der Waals surface area contributed by atoms with Crippen molar-refractivity contribution >= 4 is 23.2 Å². The summed E-state index contributed by atoms with van der Waals surface area (Å²) in [6.07, 6.45) is 3.46. The van der Waals surface area contributed by atoms with Gasteiger partial charge in [0.25, 0.3) is 0 Å². The molecule has 1 N–H and O–H groups in total. The van der Waals surface area contributed by atoms with E-state index in [9.17, 15) is 14.0 Å². The summed E-state index contributed by atoms with van der Waals surface area (Å²) in [6.45, 7) is 3.12. The molecule has 0 unspecified atom stereocenters. The van der Waals surface area contributed by atoms with Crippen LogP contribution in [0.4, 0.5) is 15.8 Å². The van der Waals surface area contributed by atoms with Crippen molar-refractivity contribution in [2.24, 2.45) is 5.92 Å². The number of ether oxygens (including phenoxy) is 1. The first-order valence-electron chi connectivity index (χ1n) is 9.66. The zero-order valence-electron chi connectivity index (χ0n) is 16.0. The SMILES string of the molecule is CCCCCOc1ccc(NC(=O)[C@@H]2CC(=O)N(c3ccc(F)cc3)C2)cc1. The monoisotopic (exact) mass is 384 g/mol. The fourth-order valence-corrected chi connectivity index (χ4v) is 3.17. The number of carbonyl (C=O) groups is 2. The highest BCUT2D eigenvalue weighted by Gasteiger charge is 2.35. The molecule has 0 radical (unpaired) electrons. The van der Waals surface area contributed by atoms with Crippen molar-refractivity contribution in [1.82, 2.24) is 0 Å². The molecule has 1 saturated heterocycles. The van der Waals surface area contributed by atoms with Crippen molar-refractivity contribution in [2.75, 3.05) is 23.4 Å². The molecule has 1 heterocycles. The number of rotatable bonds is 8. The van der Waals surface area contributed by atoms with E-state index in [1.807, 2.05) is 12.1 Å². The van der Waals surface area contributed by atoms with Gasteiger partial charge in [-0.1, -0.05) is 19.8 Å². The van der Waals surface area contributed by atoms with Gasteiger partial charge >= 0.3 is 0 Å². The van der Waals surface area contributed by atoms with Crippen LogP contribution in [0.25, 0.3) is 0 Å². The molecule has 2 aromatic carbocycles. The Morgan fingerprint density at radius 2 is 1.86 bits per heavy atom. The lowest BCUT2D eigenvalue weighted by atomic mass is 10.1. The first-order chi connectivity index (χ1) is 13.6. The van der Waals surface area contributed by atoms with E-state index in [4.69, 9.17) is 4.74 Å². The average molecular weight is 384 g/mol. The van der Waals surface area contributed by atoms with Crippen molar-refractivity contribution in [3.05, 3.63) is 54.3 Å². The number of unbranched alkanes of at least 4 members (excludes halogenated alkanes) is 2. The van der Waals surface area contributed by atoms with Crippen molar-refractivity contribution in [3.8, 4) is 5.75 Å². The van der Waals surface area contributed by atoms with Gasteiger partial charge in [0.1, 0.15) is 11.6 Å². The fourth-order valence-electron chi connectivity index (χ4n) is 3.17. The molecule has 1 aliphatic rings. The number of hydrogen-bond acceptors (Lipinski definition) is 3. The van der Waals surface area contributed by atoms with E-state index in [1.54, 1.807) is 24.3 Å². The number of benzene rings is 2. The molecule has 148 valence electrons. The van der Waals surface area contributed by atoms with Gasteiger partial charge in [-0.15, -0.1) is 0 Å². The van der Waals surface area contributed by atoms with Gasteiger partial charge in [-0.2, -0.15) is 0 Å². The largest absolute Gasteiger partial charge is 0.494 e. The van der Waals surface area contributed by atoms with Crippen LogP contribution in [-0.4, -0.2) is 25.0 Å². The summed E-state index contributed by atoms with van der Waals surface area (Å²) in [5.74, 6) is -0.366. The molecule has 1 fully saturated rings. The Morgan fingerprint density at radius 3 is 2.54 bits per heavy atom. The number of amides is 2. The van der Waals surface area contributed by atoms with E-state index in [-0.39, 0.29) is 30.6 Å². The molecule has 0 aromatic heterocycles. The highest BCUT2D eigenvalue weighted by molar-refractivity contribution is 6.03. The van der Waals surface area contributed by atoms with Crippen LogP contribution in [0.5, 0.6) is 5.75 Å². The average Bonchev–Trinajstić information content (AvgIpc) is 3.09. The Bertz CT molecular complexity index is 806. The second-order valence-electron chi connectivity index (χ2n) is 6.95. The molecule has 5 nitrogen and oxygen atoms in total. The molecule has 1 atom stereocenters. The molecule has 0 aliphatic carbocycles. The lowest BCUT2D eigenvalue weighted by Gasteiger charge is -2.16. The van der Waals surface area contributed by atoms with Crippen LogP contribution >= 0.6 is 0 Å². The van der Waals surface area contributed by atoms with E-state index in [2.05, 4.69) is 12.2 Å². The minimum atomic E-state index is -0.442. The minimum Gasteiger partial charge on any atom is -0.494 e. The van der Waals surface area contributed by atoms with Crippen LogP contribution in [0.2, 0.25) is 0 Å². The summed E-state index contributed by atoms with van der Waals surface area (Å²) in [6, 6.07) is 12.9. The molecule has 0 saturated carbocycles. The zero-order valence-corrected chi connectivity index (χ0v) is 16.0. The van der Waals surface area contributed by atoms with E-state index >= 15 is 0 Å². The summed E-state index contributed by atoms with van der Waals surface area (Å²) < 4.78 is 18.7. The number of halogens is 1. The summed E-state index contributed by atoms with van der Waals surface area (Å²) in [5.41, 5.74) is 1.27. The Labute approximate surface area is 164 Å². The van der Waals surface area contributed by atoms with Crippen LogP contribution in [0, 0.1) is 11.7 Å². The minimum absolute atomic E-state index is 0.136. The van der Waals surface area contributed by atoms with Crippen LogP contribution in [0.1, 0.15) is 32.6 Å². The Hall–Kier alpha value is -2.89. The van der Waals surface area contributed by atoms with Gasteiger partial charge in [0.2, 0.25) is 11.8 Å². The lowest BCUT2D eigenvalue weighted by molar-refractivity contribution is -0.122. The third-order valence-electron chi connectivity index (χ3n) is 4.77. The summed E-state index contributed by atoms with van der Waals surface area (Å²) >= 11 is 0. The van der Waals surface area contributed by atoms with Gasteiger partial charge in [0, 0.05) is 24.3 Å². The maximum absolute atomic E-state index is 13.1. The number of carbonyl (C=O) groups excluding carboxylic acids is 2. The number of nitrogens with zero attached hydrogens (tertiary/aromatic N) is 1. The lowest BCUT2D eigenvalue weighted by Crippen LogP contribution is -2.28. The molecule has 28 heavy (non-hydrogen) atoms. The third kappa shape index (κ3) is 5.09. The van der Waals surface area contributed by atoms with E-state index in [1.165, 1.54) is 17.0 Å². The quantitative estimate of drug-likeness (QED) is 0.687. The molecule has 6 heteroatoms. The van der Waals surface area contributed by atoms with E-state index in [0.717, 1.165) is 25.0 Å². The Kier molecular flexibility index (Phi) is 6.63. The number of nitrogens with one attached hydrogen (secondary N) is 1. The van der Waals surface area contributed by atoms with Crippen molar-refractivity contribution in [3.63, 3.8) is 0 Å². The zero-order chi connectivity index (χ0) is 19.9. The van der Waals surface area contributed by atoms with Crippen LogP contribution in [0.3, 0.4) is 0 Å². The number of anilines is 2. The second-order valence-corrected chi connectivity index (χ2v) is 6.95. The van der Waals surface area contributed by atoms with Gasteiger partial charge in [-0.05, 0) is 55.0 Å². The second kappa shape index (κ2) is 9.35. The smallest absolute Gasteiger partial charge is 0.229 e. The summed E-state index contributed by atoms with van der Waals surface area (Å²) in [5, 5.41) is 2.86. The Balaban J connectivity index is 1.53. The molecule has 2 amide bonds. The highest BCUT2D eigenvalue weighted by atomic mass is 19.1. The molecule has 2 aromatic rings. The maximum Gasteiger partial charge on any atom is 0.229 e. The first kappa shape index (κ1) is 19.9. The van der Waals surface area contributed by atoms with Gasteiger partial charge in [-0.25, -0.2) is 4.39 Å². The van der Waals surface area contributed by atoms with Gasteiger partial charge in [0.05, 0.1) is 12.5 Å². The molecule has 3 rings (SSSR count). The molecular weight excluding hydrogens is 359 g/mol. The fraction of sp³-hybridized carbons (Fsp3) is 0.364. The topological polar surface area (TPSA) is 58.6 Å². The summed E-state index contributed by atoms with van der Waals surface area (Å²) in [4.78, 5) is 26.3. The van der Waals surface area contributed by atoms with E-state index in [0.29, 0.717) is 18.0 Å². The third-order valence-corrected chi connectivity index (χ3v) is 4.77. The van der Waals surface area contributed by atoms with Gasteiger partial charge in [-0.3, -0.25) is 9.59 Å². The molecule has 0 bridgehead atoms. The van der Waals surface area contributed by atoms with E-state index < -0.39 is 5.92 Å².